The van der Waals surface area contributed by atoms with Crippen molar-refractivity contribution in [1.29, 1.82) is 0 Å². The molecule has 4 atom stereocenters. The number of aliphatic hydroxyl groups excluding tert-OH is 1. The zero-order chi connectivity index (χ0) is 25.5. The van der Waals surface area contributed by atoms with Gasteiger partial charge in [0.25, 0.3) is 5.85 Å². The summed E-state index contributed by atoms with van der Waals surface area (Å²) in [5.74, 6) is -1.56. The van der Waals surface area contributed by atoms with Gasteiger partial charge in [0.1, 0.15) is 12.1 Å². The van der Waals surface area contributed by atoms with Gasteiger partial charge in [0.2, 0.25) is 11.7 Å². The summed E-state index contributed by atoms with van der Waals surface area (Å²) in [7, 11) is 0. The van der Waals surface area contributed by atoms with Crippen LogP contribution in [0.5, 0.6) is 0 Å². The lowest BCUT2D eigenvalue weighted by Gasteiger charge is -2.29. The first-order valence-corrected chi connectivity index (χ1v) is 12.2. The third-order valence-electron chi connectivity index (χ3n) is 6.40. The van der Waals surface area contributed by atoms with Crippen molar-refractivity contribution in [1.82, 2.24) is 14.5 Å². The van der Waals surface area contributed by atoms with E-state index in [4.69, 9.17) is 21.6 Å². The quantitative estimate of drug-likeness (QED) is 0.221. The number of nitrogen functional groups attached to an aromatic ring is 1. The lowest BCUT2D eigenvalue weighted by atomic mass is 9.93. The van der Waals surface area contributed by atoms with Crippen molar-refractivity contribution in [2.75, 3.05) is 12.3 Å². The number of aliphatic hydroxyl groups is 2. The second kappa shape index (κ2) is 11.8. The van der Waals surface area contributed by atoms with Crippen molar-refractivity contribution in [3.05, 3.63) is 18.6 Å². The summed E-state index contributed by atoms with van der Waals surface area (Å²) in [6, 6.07) is 1.53. The molecule has 1 aliphatic rings. The number of fused-ring (bicyclic) bond motifs is 1. The number of carbonyl (C=O) groups excluding carboxylic acids is 1. The van der Waals surface area contributed by atoms with Gasteiger partial charge >= 0.3 is 5.97 Å². The van der Waals surface area contributed by atoms with Gasteiger partial charge in [0.15, 0.2) is 11.9 Å². The van der Waals surface area contributed by atoms with E-state index in [-0.39, 0.29) is 12.1 Å². The van der Waals surface area contributed by atoms with Crippen molar-refractivity contribution in [3.63, 3.8) is 0 Å². The van der Waals surface area contributed by atoms with Crippen LogP contribution in [0.25, 0.3) is 11.2 Å². The normalized spacial score (nSPS) is 26.1. The zero-order valence-corrected chi connectivity index (χ0v) is 20.2. The molecule has 0 aromatic carbocycles. The molecule has 192 valence electrons. The minimum atomic E-state index is -2.93. The number of nitrogens with two attached hydrogens (primary N) is 1. The van der Waals surface area contributed by atoms with Crippen LogP contribution in [0.3, 0.4) is 0 Å². The Morgan fingerprint density at radius 2 is 1.91 bits per heavy atom. The van der Waals surface area contributed by atoms with Crippen molar-refractivity contribution in [2.45, 2.75) is 94.9 Å². The number of hydrogen-bond acceptors (Lipinski definition) is 8. The summed E-state index contributed by atoms with van der Waals surface area (Å²) in [6.07, 6.45) is 14.3. The molecule has 35 heavy (non-hydrogen) atoms. The number of rotatable bonds is 13. The summed E-state index contributed by atoms with van der Waals surface area (Å²) < 4.78 is 27.5. The number of ether oxygens (including phenoxy) is 2. The Morgan fingerprint density at radius 1 is 1.26 bits per heavy atom. The first-order chi connectivity index (χ1) is 16.8. The van der Waals surface area contributed by atoms with Crippen LogP contribution in [0.4, 0.5) is 10.1 Å². The van der Waals surface area contributed by atoms with Gasteiger partial charge in [-0.05, 0) is 12.5 Å². The van der Waals surface area contributed by atoms with E-state index in [0.29, 0.717) is 17.6 Å². The molecule has 0 spiro atoms. The molecule has 1 aliphatic heterocycles. The average molecular weight is 491 g/mol. The Hall–Kier alpha value is -2.74. The number of hydrogen-bond donors (Lipinski definition) is 3. The zero-order valence-electron chi connectivity index (χ0n) is 20.2. The third kappa shape index (κ3) is 5.74. The molecule has 0 amide bonds. The molecule has 4 N–H and O–H groups in total. The SMILES string of the molecule is C#C[C@]1(O)[C@H](n2cnc3c(N)ccnc32)O[C@](F)(CO)[C@H]1OC(=O)CCCCCCCCCCC. The Balaban J connectivity index is 1.64. The van der Waals surface area contributed by atoms with Crippen LogP contribution in [0.2, 0.25) is 0 Å². The molecule has 2 aromatic heterocycles. The molecule has 0 radical (unpaired) electrons. The van der Waals surface area contributed by atoms with Crippen LogP contribution < -0.4 is 5.73 Å². The summed E-state index contributed by atoms with van der Waals surface area (Å²) in [5.41, 5.74) is 4.26. The monoisotopic (exact) mass is 490 g/mol. The second-order valence-electron chi connectivity index (χ2n) is 9.06. The van der Waals surface area contributed by atoms with E-state index in [1.807, 2.05) is 0 Å². The van der Waals surface area contributed by atoms with Gasteiger partial charge in [-0.2, -0.15) is 0 Å². The lowest BCUT2D eigenvalue weighted by Crippen LogP contribution is -2.52. The number of esters is 1. The Morgan fingerprint density at radius 3 is 2.54 bits per heavy atom. The van der Waals surface area contributed by atoms with Crippen molar-refractivity contribution >= 4 is 22.8 Å². The number of imidazole rings is 1. The minimum absolute atomic E-state index is 0.0330. The van der Waals surface area contributed by atoms with Gasteiger partial charge in [0, 0.05) is 12.6 Å². The highest BCUT2D eigenvalue weighted by molar-refractivity contribution is 5.83. The summed E-state index contributed by atoms with van der Waals surface area (Å²) in [5, 5.41) is 21.0. The maximum Gasteiger partial charge on any atom is 0.306 e. The average Bonchev–Trinajstić information content (AvgIpc) is 3.37. The number of carbonyl (C=O) groups is 1. The Labute approximate surface area is 204 Å². The topological polar surface area (TPSA) is 133 Å². The maximum absolute atomic E-state index is 15.6. The number of unbranched alkanes of at least 4 members (excludes halogenated alkanes) is 8. The summed E-state index contributed by atoms with van der Waals surface area (Å²) in [6.45, 7) is 0.994. The molecule has 0 saturated carbocycles. The van der Waals surface area contributed by atoms with Crippen LogP contribution in [-0.2, 0) is 14.3 Å². The van der Waals surface area contributed by atoms with E-state index in [1.54, 1.807) is 0 Å². The molecule has 10 heteroatoms. The fourth-order valence-electron chi connectivity index (χ4n) is 4.40. The molecule has 1 fully saturated rings. The number of alkyl halides is 1. The fraction of sp³-hybridized carbons (Fsp3) is 0.640. The van der Waals surface area contributed by atoms with E-state index in [9.17, 15) is 15.0 Å². The Bertz CT molecular complexity index is 1040. The van der Waals surface area contributed by atoms with Crippen molar-refractivity contribution in [3.8, 4) is 12.3 Å². The van der Waals surface area contributed by atoms with Crippen LogP contribution in [0.15, 0.2) is 18.6 Å². The van der Waals surface area contributed by atoms with Gasteiger partial charge < -0.3 is 25.4 Å². The van der Waals surface area contributed by atoms with Gasteiger partial charge in [-0.3, -0.25) is 9.36 Å². The van der Waals surface area contributed by atoms with Gasteiger partial charge in [0.05, 0.1) is 12.0 Å². The highest BCUT2D eigenvalue weighted by Crippen LogP contribution is 2.47. The van der Waals surface area contributed by atoms with Crippen LogP contribution in [0, 0.1) is 12.3 Å². The van der Waals surface area contributed by atoms with Crippen molar-refractivity contribution < 1.29 is 28.9 Å². The van der Waals surface area contributed by atoms with Crippen LogP contribution >= 0.6 is 0 Å². The molecular formula is C25H35FN4O5. The lowest BCUT2D eigenvalue weighted by molar-refractivity contribution is -0.217. The molecule has 0 aliphatic carbocycles. The number of nitrogens with zero attached hydrogens (tertiary/aromatic N) is 3. The molecule has 1 saturated heterocycles. The number of pyridine rings is 1. The number of terminal acetylenes is 1. The van der Waals surface area contributed by atoms with Gasteiger partial charge in [-0.15, -0.1) is 6.42 Å². The summed E-state index contributed by atoms with van der Waals surface area (Å²) in [4.78, 5) is 20.8. The Kier molecular flexibility index (Phi) is 9.05. The van der Waals surface area contributed by atoms with Crippen LogP contribution in [0.1, 0.15) is 77.4 Å². The van der Waals surface area contributed by atoms with E-state index in [0.717, 1.165) is 19.3 Å². The van der Waals surface area contributed by atoms with Crippen molar-refractivity contribution in [2.24, 2.45) is 0 Å². The molecule has 0 bridgehead atoms. The largest absolute Gasteiger partial charge is 0.452 e. The molecular weight excluding hydrogens is 455 g/mol. The van der Waals surface area contributed by atoms with E-state index in [2.05, 4.69) is 22.8 Å². The van der Waals surface area contributed by atoms with Gasteiger partial charge in [-0.25, -0.2) is 14.4 Å². The van der Waals surface area contributed by atoms with E-state index < -0.39 is 36.4 Å². The molecule has 0 unspecified atom stereocenters. The van der Waals surface area contributed by atoms with E-state index >= 15 is 4.39 Å². The first kappa shape index (κ1) is 26.9. The third-order valence-corrected chi connectivity index (χ3v) is 6.40. The number of aromatic nitrogens is 3. The molecule has 2 aromatic rings. The molecule has 3 heterocycles. The van der Waals surface area contributed by atoms with Gasteiger partial charge in [-0.1, -0.05) is 64.2 Å². The van der Waals surface area contributed by atoms with E-state index in [1.165, 1.54) is 55.3 Å². The minimum Gasteiger partial charge on any atom is -0.452 e. The highest BCUT2D eigenvalue weighted by Gasteiger charge is 2.67. The molecule has 3 rings (SSSR count). The smallest absolute Gasteiger partial charge is 0.306 e. The highest BCUT2D eigenvalue weighted by atomic mass is 19.2. The second-order valence-corrected chi connectivity index (χ2v) is 9.06. The molecule has 9 nitrogen and oxygen atoms in total. The number of halogens is 1. The predicted molar refractivity (Wildman–Crippen MR) is 128 cm³/mol. The summed E-state index contributed by atoms with van der Waals surface area (Å²) >= 11 is 0. The fourth-order valence-corrected chi connectivity index (χ4v) is 4.40. The predicted octanol–water partition coefficient (Wildman–Crippen LogP) is 3.40. The van der Waals surface area contributed by atoms with Crippen LogP contribution in [-0.4, -0.2) is 54.9 Å². The standard InChI is InChI=1S/C25H35FN4O5/c1-3-5-6-7-8-9-10-11-12-13-19(32)34-22-24(33,4-2)23(35-25(22,26)16-31)30-17-29-20-18(27)14-15-28-21(20)30/h2,14-15,17,22-23,31,33H,3,5-13,16H2,1H3,(H2,27,28)/t22-,23+,24+,25+/m0/s1. The number of anilines is 1. The maximum atomic E-state index is 15.6. The first-order valence-electron chi connectivity index (χ1n) is 12.2.